The normalized spacial score (nSPS) is 11.0. The minimum Gasteiger partial charge on any atom is -0.236 e. The summed E-state index contributed by atoms with van der Waals surface area (Å²) in [5.74, 6) is 0. The van der Waals surface area contributed by atoms with E-state index in [-0.39, 0.29) is 0 Å². The van der Waals surface area contributed by atoms with Crippen molar-refractivity contribution >= 4 is 22.6 Å². The predicted octanol–water partition coefficient (Wildman–Crippen LogP) is 5.05. The number of nitrogens with zero attached hydrogens (tertiary/aromatic N) is 3. The second kappa shape index (κ2) is 5.52. The fraction of sp³-hybridized carbons (Fsp3) is 0.0526. The first-order chi connectivity index (χ1) is 11.2. The quantitative estimate of drug-likeness (QED) is 0.517. The zero-order valence-corrected chi connectivity index (χ0v) is 13.3. The van der Waals surface area contributed by atoms with Crippen LogP contribution >= 0.6 is 11.6 Å². The lowest BCUT2D eigenvalue weighted by atomic mass is 10.0. The molecule has 4 heteroatoms. The molecule has 0 amide bonds. The summed E-state index contributed by atoms with van der Waals surface area (Å²) in [6.07, 6.45) is 1.83. The maximum absolute atomic E-state index is 6.00. The summed E-state index contributed by atoms with van der Waals surface area (Å²) in [5, 5.41) is 6.49. The van der Waals surface area contributed by atoms with E-state index in [0.717, 1.165) is 38.6 Å². The molecule has 0 aliphatic carbocycles. The monoisotopic (exact) mass is 319 g/mol. The Balaban J connectivity index is 1.98. The summed E-state index contributed by atoms with van der Waals surface area (Å²) >= 11 is 6.00. The molecule has 0 saturated heterocycles. The minimum absolute atomic E-state index is 0.732. The van der Waals surface area contributed by atoms with Crippen LogP contribution in [0, 0.1) is 6.92 Å². The number of halogens is 1. The molecule has 0 unspecified atom stereocenters. The fourth-order valence-electron chi connectivity index (χ4n) is 2.83. The van der Waals surface area contributed by atoms with Crippen LogP contribution in [0.25, 0.3) is 27.8 Å². The number of pyridine rings is 1. The van der Waals surface area contributed by atoms with Gasteiger partial charge in [0.25, 0.3) is 0 Å². The van der Waals surface area contributed by atoms with E-state index in [1.165, 1.54) is 0 Å². The van der Waals surface area contributed by atoms with E-state index < -0.39 is 0 Å². The van der Waals surface area contributed by atoms with Gasteiger partial charge in [0.2, 0.25) is 0 Å². The van der Waals surface area contributed by atoms with Gasteiger partial charge in [-0.15, -0.1) is 0 Å². The van der Waals surface area contributed by atoms with Gasteiger partial charge in [-0.1, -0.05) is 41.9 Å². The van der Waals surface area contributed by atoms with Crippen molar-refractivity contribution in [2.45, 2.75) is 6.92 Å². The first-order valence-electron chi connectivity index (χ1n) is 7.40. The number of fused-ring (bicyclic) bond motifs is 1. The topological polar surface area (TPSA) is 30.7 Å². The van der Waals surface area contributed by atoms with Gasteiger partial charge in [0.05, 0.1) is 16.8 Å². The zero-order chi connectivity index (χ0) is 15.8. The molecule has 2 aromatic heterocycles. The highest BCUT2D eigenvalue weighted by Gasteiger charge is 2.14. The van der Waals surface area contributed by atoms with Crippen LogP contribution < -0.4 is 0 Å². The smallest absolute Gasteiger partial charge is 0.163 e. The van der Waals surface area contributed by atoms with Gasteiger partial charge in [-0.2, -0.15) is 5.10 Å². The number of hydrogen-bond acceptors (Lipinski definition) is 2. The van der Waals surface area contributed by atoms with E-state index in [4.69, 9.17) is 16.7 Å². The van der Waals surface area contributed by atoms with Gasteiger partial charge in [0, 0.05) is 11.2 Å². The second-order valence-corrected chi connectivity index (χ2v) is 5.83. The van der Waals surface area contributed by atoms with Gasteiger partial charge in [-0.05, 0) is 48.4 Å². The van der Waals surface area contributed by atoms with Crippen LogP contribution in [0.4, 0.5) is 0 Å². The molecule has 112 valence electrons. The molecule has 0 saturated carbocycles. The highest BCUT2D eigenvalue weighted by molar-refractivity contribution is 6.30. The summed E-state index contributed by atoms with van der Waals surface area (Å²) in [7, 11) is 0. The van der Waals surface area contributed by atoms with Crippen molar-refractivity contribution in [3.05, 3.63) is 77.6 Å². The van der Waals surface area contributed by atoms with Gasteiger partial charge in [0.1, 0.15) is 0 Å². The Hall–Kier alpha value is -2.65. The molecule has 0 spiro atoms. The van der Waals surface area contributed by atoms with Gasteiger partial charge in [-0.25, -0.2) is 9.67 Å². The Morgan fingerprint density at radius 2 is 1.65 bits per heavy atom. The van der Waals surface area contributed by atoms with Crippen LogP contribution in [0.2, 0.25) is 5.02 Å². The average Bonchev–Trinajstić information content (AvgIpc) is 2.94. The van der Waals surface area contributed by atoms with Crippen molar-refractivity contribution in [2.24, 2.45) is 0 Å². The number of hydrogen-bond donors (Lipinski definition) is 0. The van der Waals surface area contributed by atoms with Crippen LogP contribution in [0.5, 0.6) is 0 Å². The maximum atomic E-state index is 6.00. The SMILES string of the molecule is Cc1nn(-c2ccccc2)c2nccc(-c3ccc(Cl)cc3)c12. The number of rotatable bonds is 2. The number of benzene rings is 2. The summed E-state index contributed by atoms with van der Waals surface area (Å²) in [5.41, 5.74) is 5.05. The number of aryl methyl sites for hydroxylation is 1. The van der Waals surface area contributed by atoms with Gasteiger partial charge < -0.3 is 0 Å². The lowest BCUT2D eigenvalue weighted by molar-refractivity contribution is 0.878. The van der Waals surface area contributed by atoms with Gasteiger partial charge in [-0.3, -0.25) is 0 Å². The van der Waals surface area contributed by atoms with Crippen LogP contribution in [-0.4, -0.2) is 14.8 Å². The van der Waals surface area contributed by atoms with Crippen LogP contribution in [-0.2, 0) is 0 Å². The molecule has 0 bridgehead atoms. The third-order valence-electron chi connectivity index (χ3n) is 3.90. The Morgan fingerprint density at radius 1 is 0.913 bits per heavy atom. The Morgan fingerprint density at radius 3 is 2.39 bits per heavy atom. The van der Waals surface area contributed by atoms with Gasteiger partial charge >= 0.3 is 0 Å². The standard InChI is InChI=1S/C19H14ClN3/c1-13-18-17(14-7-9-15(20)10-8-14)11-12-21-19(18)23(22-13)16-5-3-2-4-6-16/h2-12H,1H3. The minimum atomic E-state index is 0.732. The molecule has 4 aromatic rings. The Labute approximate surface area is 139 Å². The molecule has 0 fully saturated rings. The van der Waals surface area contributed by atoms with Crippen LogP contribution in [0.3, 0.4) is 0 Å². The van der Waals surface area contributed by atoms with Crippen molar-refractivity contribution in [3.63, 3.8) is 0 Å². The van der Waals surface area contributed by atoms with E-state index in [9.17, 15) is 0 Å². The van der Waals surface area contributed by atoms with E-state index in [0.29, 0.717) is 0 Å². The zero-order valence-electron chi connectivity index (χ0n) is 12.6. The van der Waals surface area contributed by atoms with Crippen molar-refractivity contribution in [1.29, 1.82) is 0 Å². The number of aromatic nitrogens is 3. The van der Waals surface area contributed by atoms with Crippen molar-refractivity contribution in [1.82, 2.24) is 14.8 Å². The number of para-hydroxylation sites is 1. The third-order valence-corrected chi connectivity index (χ3v) is 4.15. The summed E-state index contributed by atoms with van der Waals surface area (Å²) < 4.78 is 1.89. The maximum Gasteiger partial charge on any atom is 0.163 e. The third kappa shape index (κ3) is 2.39. The fourth-order valence-corrected chi connectivity index (χ4v) is 2.96. The molecule has 0 radical (unpaired) electrons. The summed E-state index contributed by atoms with van der Waals surface area (Å²) in [6, 6.07) is 19.9. The van der Waals surface area contributed by atoms with Crippen molar-refractivity contribution < 1.29 is 0 Å². The largest absolute Gasteiger partial charge is 0.236 e. The summed E-state index contributed by atoms with van der Waals surface area (Å²) in [6.45, 7) is 2.02. The Kier molecular flexibility index (Phi) is 3.36. The summed E-state index contributed by atoms with van der Waals surface area (Å²) in [4.78, 5) is 4.56. The first kappa shape index (κ1) is 14.0. The van der Waals surface area contributed by atoms with E-state index >= 15 is 0 Å². The van der Waals surface area contributed by atoms with Crippen molar-refractivity contribution in [3.8, 4) is 16.8 Å². The molecule has 2 aromatic carbocycles. The van der Waals surface area contributed by atoms with Crippen LogP contribution in [0.15, 0.2) is 66.9 Å². The van der Waals surface area contributed by atoms with E-state index in [1.807, 2.05) is 78.5 Å². The average molecular weight is 320 g/mol. The molecule has 23 heavy (non-hydrogen) atoms. The van der Waals surface area contributed by atoms with Gasteiger partial charge in [0.15, 0.2) is 5.65 Å². The Bertz CT molecular complexity index is 973. The van der Waals surface area contributed by atoms with E-state index in [2.05, 4.69) is 4.98 Å². The molecule has 0 N–H and O–H groups in total. The lowest BCUT2D eigenvalue weighted by Crippen LogP contribution is -1.97. The first-order valence-corrected chi connectivity index (χ1v) is 7.77. The molecule has 0 aliphatic heterocycles. The highest BCUT2D eigenvalue weighted by atomic mass is 35.5. The lowest BCUT2D eigenvalue weighted by Gasteiger charge is -2.05. The molecule has 4 rings (SSSR count). The highest BCUT2D eigenvalue weighted by Crippen LogP contribution is 2.31. The molecule has 2 heterocycles. The predicted molar refractivity (Wildman–Crippen MR) is 94.0 cm³/mol. The molecule has 3 nitrogen and oxygen atoms in total. The van der Waals surface area contributed by atoms with E-state index in [1.54, 1.807) is 0 Å². The molecule has 0 aliphatic rings. The molecular formula is C19H14ClN3. The van der Waals surface area contributed by atoms with Crippen LogP contribution in [0.1, 0.15) is 5.69 Å². The van der Waals surface area contributed by atoms with Crippen molar-refractivity contribution in [2.75, 3.05) is 0 Å². The molecule has 0 atom stereocenters. The second-order valence-electron chi connectivity index (χ2n) is 5.40. The molecular weight excluding hydrogens is 306 g/mol.